The first kappa shape index (κ1) is 15.8. The zero-order valence-electron chi connectivity index (χ0n) is 11.7. The number of rotatable bonds is 4. The molecule has 0 spiro atoms. The first-order valence-corrected chi connectivity index (χ1v) is 8.57. The molecule has 1 aromatic carbocycles. The SMILES string of the molecule is Cc1c(CO)cc(Cl)cc1S(=O)(=O)NC1(C)CCCC1. The molecule has 20 heavy (non-hydrogen) atoms. The van der Waals surface area contributed by atoms with Crippen molar-refractivity contribution in [2.24, 2.45) is 0 Å². The average molecular weight is 318 g/mol. The Kier molecular flexibility index (Phi) is 4.44. The molecule has 1 aromatic rings. The van der Waals surface area contributed by atoms with Crippen LogP contribution in [0.4, 0.5) is 0 Å². The molecule has 2 rings (SSSR count). The van der Waals surface area contributed by atoms with E-state index in [1.54, 1.807) is 13.0 Å². The second kappa shape index (κ2) is 5.64. The Morgan fingerprint density at radius 2 is 1.95 bits per heavy atom. The third-order valence-electron chi connectivity index (χ3n) is 3.98. The molecule has 0 radical (unpaired) electrons. The van der Waals surface area contributed by atoms with Gasteiger partial charge >= 0.3 is 0 Å². The monoisotopic (exact) mass is 317 g/mol. The second-order valence-corrected chi connectivity index (χ2v) is 7.81. The highest BCUT2D eigenvalue weighted by Crippen LogP contribution is 2.32. The van der Waals surface area contributed by atoms with Gasteiger partial charge in [0.05, 0.1) is 11.5 Å². The summed E-state index contributed by atoms with van der Waals surface area (Å²) in [5.74, 6) is 0. The zero-order valence-corrected chi connectivity index (χ0v) is 13.3. The summed E-state index contributed by atoms with van der Waals surface area (Å²) < 4.78 is 28.0. The van der Waals surface area contributed by atoms with Crippen LogP contribution in [-0.4, -0.2) is 19.1 Å². The smallest absolute Gasteiger partial charge is 0.241 e. The minimum Gasteiger partial charge on any atom is -0.392 e. The van der Waals surface area contributed by atoms with Crippen molar-refractivity contribution in [3.05, 3.63) is 28.3 Å². The molecular formula is C14H20ClNO3S. The van der Waals surface area contributed by atoms with Crippen LogP contribution in [0.3, 0.4) is 0 Å². The van der Waals surface area contributed by atoms with Gasteiger partial charge in [-0.25, -0.2) is 13.1 Å². The van der Waals surface area contributed by atoms with Gasteiger partial charge < -0.3 is 5.11 Å². The molecule has 112 valence electrons. The van der Waals surface area contributed by atoms with Crippen molar-refractivity contribution in [1.82, 2.24) is 4.72 Å². The van der Waals surface area contributed by atoms with Crippen molar-refractivity contribution in [2.45, 2.75) is 56.6 Å². The molecule has 1 saturated carbocycles. The van der Waals surface area contributed by atoms with Crippen LogP contribution in [0.2, 0.25) is 5.02 Å². The molecule has 1 fully saturated rings. The third kappa shape index (κ3) is 3.17. The van der Waals surface area contributed by atoms with Crippen LogP contribution in [0.15, 0.2) is 17.0 Å². The number of halogens is 1. The number of aliphatic hydroxyl groups is 1. The van der Waals surface area contributed by atoms with E-state index in [4.69, 9.17) is 11.6 Å². The lowest BCUT2D eigenvalue weighted by atomic mass is 10.0. The van der Waals surface area contributed by atoms with Crippen LogP contribution in [-0.2, 0) is 16.6 Å². The number of aliphatic hydroxyl groups excluding tert-OH is 1. The maximum Gasteiger partial charge on any atom is 0.241 e. The van der Waals surface area contributed by atoms with E-state index in [2.05, 4.69) is 4.72 Å². The molecule has 0 aliphatic heterocycles. The molecule has 0 unspecified atom stereocenters. The summed E-state index contributed by atoms with van der Waals surface area (Å²) in [4.78, 5) is 0.155. The molecule has 1 aliphatic carbocycles. The van der Waals surface area contributed by atoms with Gasteiger partial charge in [-0.3, -0.25) is 0 Å². The first-order valence-electron chi connectivity index (χ1n) is 6.71. The maximum atomic E-state index is 12.6. The maximum absolute atomic E-state index is 12.6. The van der Waals surface area contributed by atoms with Crippen molar-refractivity contribution >= 4 is 21.6 Å². The standard InChI is InChI=1S/C14H20ClNO3S/c1-10-11(9-17)7-12(15)8-13(10)20(18,19)16-14(2)5-3-4-6-14/h7-8,16-17H,3-6,9H2,1-2H3. The van der Waals surface area contributed by atoms with Gasteiger partial charge in [-0.1, -0.05) is 24.4 Å². The zero-order chi connectivity index (χ0) is 15.0. The Labute approximate surface area is 125 Å². The van der Waals surface area contributed by atoms with Crippen LogP contribution in [0, 0.1) is 6.92 Å². The van der Waals surface area contributed by atoms with E-state index in [1.807, 2.05) is 6.92 Å². The van der Waals surface area contributed by atoms with E-state index in [1.165, 1.54) is 6.07 Å². The van der Waals surface area contributed by atoms with E-state index in [0.29, 0.717) is 16.1 Å². The molecule has 0 amide bonds. The molecule has 1 aliphatic rings. The largest absolute Gasteiger partial charge is 0.392 e. The minimum absolute atomic E-state index is 0.155. The Hall–Kier alpha value is -0.620. The Morgan fingerprint density at radius 1 is 1.35 bits per heavy atom. The van der Waals surface area contributed by atoms with Crippen LogP contribution in [0.25, 0.3) is 0 Å². The number of benzene rings is 1. The summed E-state index contributed by atoms with van der Waals surface area (Å²) in [7, 11) is -3.63. The van der Waals surface area contributed by atoms with Gasteiger partial charge in [0.25, 0.3) is 0 Å². The molecule has 0 aromatic heterocycles. The molecular weight excluding hydrogens is 298 g/mol. The van der Waals surface area contributed by atoms with Gasteiger partial charge in [-0.2, -0.15) is 0 Å². The van der Waals surface area contributed by atoms with Crippen molar-refractivity contribution in [3.8, 4) is 0 Å². The predicted molar refractivity (Wildman–Crippen MR) is 79.3 cm³/mol. The number of hydrogen-bond acceptors (Lipinski definition) is 3. The van der Waals surface area contributed by atoms with Gasteiger partial charge in [0.2, 0.25) is 10.0 Å². The molecule has 4 nitrogen and oxygen atoms in total. The van der Waals surface area contributed by atoms with E-state index in [-0.39, 0.29) is 17.0 Å². The summed E-state index contributed by atoms with van der Waals surface area (Å²) in [6.07, 6.45) is 3.77. The molecule has 6 heteroatoms. The van der Waals surface area contributed by atoms with Gasteiger partial charge in [-0.15, -0.1) is 0 Å². The fourth-order valence-electron chi connectivity index (χ4n) is 2.79. The van der Waals surface area contributed by atoms with Crippen molar-refractivity contribution in [1.29, 1.82) is 0 Å². The van der Waals surface area contributed by atoms with E-state index >= 15 is 0 Å². The Balaban J connectivity index is 2.41. The van der Waals surface area contributed by atoms with Gasteiger partial charge in [0.15, 0.2) is 0 Å². The van der Waals surface area contributed by atoms with Crippen LogP contribution in [0.5, 0.6) is 0 Å². The van der Waals surface area contributed by atoms with Crippen LogP contribution in [0.1, 0.15) is 43.7 Å². The van der Waals surface area contributed by atoms with Crippen LogP contribution >= 0.6 is 11.6 Å². The normalized spacial score (nSPS) is 18.4. The second-order valence-electron chi connectivity index (χ2n) is 5.72. The van der Waals surface area contributed by atoms with E-state index in [9.17, 15) is 13.5 Å². The van der Waals surface area contributed by atoms with Crippen molar-refractivity contribution in [2.75, 3.05) is 0 Å². The summed E-state index contributed by atoms with van der Waals surface area (Å²) in [5, 5.41) is 9.61. The lowest BCUT2D eigenvalue weighted by molar-refractivity contribution is 0.280. The lowest BCUT2D eigenvalue weighted by Crippen LogP contribution is -2.43. The Morgan fingerprint density at radius 3 is 2.50 bits per heavy atom. The molecule has 0 heterocycles. The summed E-state index contributed by atoms with van der Waals surface area (Å²) in [6, 6.07) is 3.03. The van der Waals surface area contributed by atoms with E-state index in [0.717, 1.165) is 25.7 Å². The minimum atomic E-state index is -3.63. The molecule has 0 atom stereocenters. The van der Waals surface area contributed by atoms with Gasteiger partial charge in [-0.05, 0) is 49.9 Å². The summed E-state index contributed by atoms with van der Waals surface area (Å²) >= 11 is 5.95. The summed E-state index contributed by atoms with van der Waals surface area (Å²) in [6.45, 7) is 3.39. The summed E-state index contributed by atoms with van der Waals surface area (Å²) in [5.41, 5.74) is 0.702. The molecule has 2 N–H and O–H groups in total. The predicted octanol–water partition coefficient (Wildman–Crippen LogP) is 2.75. The fourth-order valence-corrected chi connectivity index (χ4v) is 4.87. The quantitative estimate of drug-likeness (QED) is 0.897. The van der Waals surface area contributed by atoms with Crippen LogP contribution < -0.4 is 4.72 Å². The van der Waals surface area contributed by atoms with Crippen molar-refractivity contribution < 1.29 is 13.5 Å². The Bertz CT molecular complexity index is 607. The molecule has 0 saturated heterocycles. The van der Waals surface area contributed by atoms with Gasteiger partial charge in [0, 0.05) is 10.6 Å². The van der Waals surface area contributed by atoms with Gasteiger partial charge in [0.1, 0.15) is 0 Å². The number of nitrogens with one attached hydrogen (secondary N) is 1. The lowest BCUT2D eigenvalue weighted by Gasteiger charge is -2.25. The topological polar surface area (TPSA) is 66.4 Å². The number of hydrogen-bond donors (Lipinski definition) is 2. The molecule has 0 bridgehead atoms. The third-order valence-corrected chi connectivity index (χ3v) is 5.96. The first-order chi connectivity index (χ1) is 9.27. The average Bonchev–Trinajstić information content (AvgIpc) is 2.77. The van der Waals surface area contributed by atoms with Crippen molar-refractivity contribution in [3.63, 3.8) is 0 Å². The highest BCUT2D eigenvalue weighted by Gasteiger charge is 2.34. The highest BCUT2D eigenvalue weighted by molar-refractivity contribution is 7.89. The van der Waals surface area contributed by atoms with E-state index < -0.39 is 10.0 Å². The number of sulfonamides is 1. The highest BCUT2D eigenvalue weighted by atomic mass is 35.5. The fraction of sp³-hybridized carbons (Fsp3) is 0.571.